The molecule has 6 heteroatoms. The number of nitrogens with one attached hydrogen (secondary N) is 1. The van der Waals surface area contributed by atoms with Crippen LogP contribution in [0.4, 0.5) is 11.4 Å². The molecule has 0 radical (unpaired) electrons. The quantitative estimate of drug-likeness (QED) is 0.852. The van der Waals surface area contributed by atoms with Gasteiger partial charge in [-0.15, -0.1) is 0 Å². The van der Waals surface area contributed by atoms with Gasteiger partial charge in [0.2, 0.25) is 0 Å². The highest BCUT2D eigenvalue weighted by atomic mass is 35.5. The number of benzene rings is 2. The molecule has 110 valence electrons. The number of nitrogens with two attached hydrogens (primary N) is 1. The second-order valence-electron chi connectivity index (χ2n) is 5.09. The number of hydrogen-bond donors (Lipinski definition) is 2. The molecule has 21 heavy (non-hydrogen) atoms. The summed E-state index contributed by atoms with van der Waals surface area (Å²) in [6.07, 6.45) is 3.01. The van der Waals surface area contributed by atoms with Crippen molar-refractivity contribution in [2.45, 2.75) is 24.2 Å². The number of fused-ring (bicyclic) bond motifs is 1. The fraction of sp³-hybridized carbons (Fsp3) is 0.200. The minimum absolute atomic E-state index is 0.222. The number of nitrogen functional groups attached to an aromatic ring is 1. The van der Waals surface area contributed by atoms with Crippen molar-refractivity contribution in [3.8, 4) is 0 Å². The lowest BCUT2D eigenvalue weighted by Gasteiger charge is -2.12. The van der Waals surface area contributed by atoms with Gasteiger partial charge in [-0.3, -0.25) is 4.72 Å². The topological polar surface area (TPSA) is 72.2 Å². The van der Waals surface area contributed by atoms with E-state index in [0.29, 0.717) is 5.69 Å². The van der Waals surface area contributed by atoms with Crippen LogP contribution < -0.4 is 10.5 Å². The van der Waals surface area contributed by atoms with Crippen molar-refractivity contribution in [1.29, 1.82) is 0 Å². The molecule has 2 aromatic carbocycles. The predicted octanol–water partition coefficient (Wildman–Crippen LogP) is 3.21. The average molecular weight is 323 g/mol. The zero-order chi connectivity index (χ0) is 15.0. The molecule has 0 fully saturated rings. The molecule has 0 atom stereocenters. The highest BCUT2D eigenvalue weighted by Crippen LogP contribution is 2.31. The Balaban J connectivity index is 1.98. The summed E-state index contributed by atoms with van der Waals surface area (Å²) in [6, 6.07) is 10.1. The monoisotopic (exact) mass is 322 g/mol. The van der Waals surface area contributed by atoms with Gasteiger partial charge in [0.25, 0.3) is 10.0 Å². The van der Waals surface area contributed by atoms with Crippen molar-refractivity contribution in [3.63, 3.8) is 0 Å². The normalized spacial score (nSPS) is 14.0. The first-order chi connectivity index (χ1) is 9.97. The van der Waals surface area contributed by atoms with Crippen LogP contribution in [0.1, 0.15) is 17.5 Å². The van der Waals surface area contributed by atoms with Gasteiger partial charge >= 0.3 is 0 Å². The first-order valence-electron chi connectivity index (χ1n) is 6.66. The lowest BCUT2D eigenvalue weighted by atomic mass is 10.1. The molecule has 0 bridgehead atoms. The van der Waals surface area contributed by atoms with Crippen LogP contribution in [0.3, 0.4) is 0 Å². The summed E-state index contributed by atoms with van der Waals surface area (Å²) in [5.41, 5.74) is 8.64. The van der Waals surface area contributed by atoms with Crippen LogP contribution in [0, 0.1) is 0 Å². The van der Waals surface area contributed by atoms with E-state index in [1.807, 2.05) is 6.07 Å². The standard InChI is InChI=1S/C15H15ClN2O2S/c16-13-5-2-6-14(17)15(13)18-21(19,20)12-8-7-10-3-1-4-11(10)9-12/h2,5-9,18H,1,3-4,17H2. The lowest BCUT2D eigenvalue weighted by molar-refractivity contribution is 0.601. The lowest BCUT2D eigenvalue weighted by Crippen LogP contribution is -2.14. The van der Waals surface area contributed by atoms with Crippen molar-refractivity contribution < 1.29 is 8.42 Å². The molecule has 0 saturated heterocycles. The molecule has 0 amide bonds. The van der Waals surface area contributed by atoms with Gasteiger partial charge in [0.1, 0.15) is 0 Å². The van der Waals surface area contributed by atoms with E-state index in [4.69, 9.17) is 17.3 Å². The Morgan fingerprint density at radius 1 is 1.10 bits per heavy atom. The SMILES string of the molecule is Nc1cccc(Cl)c1NS(=O)(=O)c1ccc2c(c1)CCC2. The maximum Gasteiger partial charge on any atom is 0.262 e. The highest BCUT2D eigenvalue weighted by Gasteiger charge is 2.20. The molecule has 0 spiro atoms. The summed E-state index contributed by atoms with van der Waals surface area (Å²) < 4.78 is 27.4. The number of sulfonamides is 1. The number of anilines is 2. The Labute approximate surface area is 129 Å². The van der Waals surface area contributed by atoms with E-state index in [-0.39, 0.29) is 15.6 Å². The Morgan fingerprint density at radius 3 is 2.62 bits per heavy atom. The third-order valence-electron chi connectivity index (χ3n) is 3.66. The van der Waals surface area contributed by atoms with Crippen molar-refractivity contribution >= 4 is 33.0 Å². The summed E-state index contributed by atoms with van der Waals surface area (Å²) >= 11 is 6.01. The molecule has 0 aliphatic heterocycles. The van der Waals surface area contributed by atoms with Gasteiger partial charge in [0, 0.05) is 0 Å². The van der Waals surface area contributed by atoms with Gasteiger partial charge in [-0.1, -0.05) is 23.7 Å². The summed E-state index contributed by atoms with van der Waals surface area (Å²) in [4.78, 5) is 0.238. The maximum absolute atomic E-state index is 12.5. The van der Waals surface area contributed by atoms with Gasteiger partial charge in [-0.2, -0.15) is 0 Å². The molecule has 0 aromatic heterocycles. The van der Waals surface area contributed by atoms with Crippen molar-refractivity contribution in [2.75, 3.05) is 10.5 Å². The Hall–Kier alpha value is -1.72. The van der Waals surface area contributed by atoms with Crippen molar-refractivity contribution in [1.82, 2.24) is 0 Å². The first-order valence-corrected chi connectivity index (χ1v) is 8.52. The van der Waals surface area contributed by atoms with Crippen molar-refractivity contribution in [2.24, 2.45) is 0 Å². The van der Waals surface area contributed by atoms with E-state index in [0.717, 1.165) is 24.8 Å². The van der Waals surface area contributed by atoms with Crippen LogP contribution in [-0.2, 0) is 22.9 Å². The van der Waals surface area contributed by atoms with E-state index in [1.54, 1.807) is 30.3 Å². The first kappa shape index (κ1) is 14.2. The smallest absolute Gasteiger partial charge is 0.262 e. The zero-order valence-electron chi connectivity index (χ0n) is 11.3. The molecule has 1 aliphatic carbocycles. The second-order valence-corrected chi connectivity index (χ2v) is 7.18. The molecule has 0 unspecified atom stereocenters. The highest BCUT2D eigenvalue weighted by molar-refractivity contribution is 7.92. The Morgan fingerprint density at radius 2 is 1.86 bits per heavy atom. The van der Waals surface area contributed by atoms with Crippen LogP contribution in [0.5, 0.6) is 0 Å². The summed E-state index contributed by atoms with van der Waals surface area (Å²) in [5, 5.41) is 0.278. The van der Waals surface area contributed by atoms with Gasteiger partial charge in [-0.25, -0.2) is 8.42 Å². The number of aryl methyl sites for hydroxylation is 2. The minimum atomic E-state index is -3.69. The van der Waals surface area contributed by atoms with Gasteiger partial charge in [0.05, 0.1) is 21.3 Å². The van der Waals surface area contributed by atoms with Crippen LogP contribution in [0.2, 0.25) is 5.02 Å². The Bertz CT molecular complexity index is 783. The van der Waals surface area contributed by atoms with Crippen LogP contribution in [0.25, 0.3) is 0 Å². The van der Waals surface area contributed by atoms with E-state index in [9.17, 15) is 8.42 Å². The zero-order valence-corrected chi connectivity index (χ0v) is 12.8. The third kappa shape index (κ3) is 2.71. The maximum atomic E-state index is 12.5. The number of hydrogen-bond acceptors (Lipinski definition) is 3. The van der Waals surface area contributed by atoms with E-state index < -0.39 is 10.0 Å². The summed E-state index contributed by atoms with van der Waals surface area (Å²) in [6.45, 7) is 0. The Kier molecular flexibility index (Phi) is 3.55. The largest absolute Gasteiger partial charge is 0.397 e. The molecule has 0 saturated carbocycles. The summed E-state index contributed by atoms with van der Waals surface area (Å²) in [7, 11) is -3.69. The second kappa shape index (κ2) is 5.24. The number of halogens is 1. The average Bonchev–Trinajstić information content (AvgIpc) is 2.90. The molecule has 3 N–H and O–H groups in total. The molecule has 1 aliphatic rings. The molecule has 3 rings (SSSR count). The molecular weight excluding hydrogens is 308 g/mol. The van der Waals surface area contributed by atoms with Crippen LogP contribution in [0.15, 0.2) is 41.3 Å². The third-order valence-corrected chi connectivity index (χ3v) is 5.32. The summed E-state index contributed by atoms with van der Waals surface area (Å²) in [5.74, 6) is 0. The van der Waals surface area contributed by atoms with Crippen molar-refractivity contribution in [3.05, 3.63) is 52.5 Å². The fourth-order valence-corrected chi connectivity index (χ4v) is 4.00. The van der Waals surface area contributed by atoms with Crippen LogP contribution in [-0.4, -0.2) is 8.42 Å². The molecule has 0 heterocycles. The van der Waals surface area contributed by atoms with Gasteiger partial charge < -0.3 is 5.73 Å². The van der Waals surface area contributed by atoms with Gasteiger partial charge in [-0.05, 0) is 54.7 Å². The van der Waals surface area contributed by atoms with E-state index in [1.165, 1.54) is 5.56 Å². The van der Waals surface area contributed by atoms with Crippen LogP contribution >= 0.6 is 11.6 Å². The molecule has 2 aromatic rings. The number of para-hydroxylation sites is 1. The van der Waals surface area contributed by atoms with E-state index in [2.05, 4.69) is 4.72 Å². The minimum Gasteiger partial charge on any atom is -0.397 e. The van der Waals surface area contributed by atoms with E-state index >= 15 is 0 Å². The number of rotatable bonds is 3. The molecule has 4 nitrogen and oxygen atoms in total. The fourth-order valence-electron chi connectivity index (χ4n) is 2.56. The predicted molar refractivity (Wildman–Crippen MR) is 85.1 cm³/mol. The van der Waals surface area contributed by atoms with Gasteiger partial charge in [0.15, 0.2) is 0 Å². The molecular formula is C15H15ClN2O2S.